The Morgan fingerprint density at radius 2 is 0.868 bits per heavy atom. The Morgan fingerprint density at radius 1 is 0.547 bits per heavy atom. The van der Waals surface area contributed by atoms with Crippen molar-refractivity contribution in [2.45, 2.75) is 62.5 Å². The van der Waals surface area contributed by atoms with Gasteiger partial charge in [0.2, 0.25) is 0 Å². The SMILES string of the molecule is [C-]#[N+]/C(C#N)=C1/Sc2[c-]cc(C(C)(C)C)[c-]c2S1.[C-]#[N+]/C(C#N)=C1/Sc2[c-]cc(C)[c-]c2S1.[C-]#[N+]C(C#N)=C1Sc2[c-]cc[c-]c2S1.[K+].[K+].[K+].[K+].[K+].[K+]. The molecule has 3 heterocycles. The van der Waals surface area contributed by atoms with Gasteiger partial charge >= 0.3 is 308 Å². The molecule has 0 atom stereocenters. The standard InChI is InChI=1S/C14H10N2S2.C11H4N2S2.C10H2N2S2.6K/c1-14(2,3)9-5-6-11-12(7-9)18-13(17-11)10(8-15)16-4;1-7-3-4-9-10(5-7)15-11(14-9)8(6-12)13-2;1-12-7(6-11)10-13-8-4-2-3-5-9(8)14-10;;;;;;/h5H,1-3H3;3H,1H3;2-3H;;;;;;/q3*-2;6*+1/b13-10-;11-8-;;;;;;;. The minimum Gasteiger partial charge on any atom is -0.304 e. The van der Waals surface area contributed by atoms with Gasteiger partial charge in [0, 0.05) is 12.7 Å². The van der Waals surface area contributed by atoms with Crippen LogP contribution < -0.4 is 308 Å². The van der Waals surface area contributed by atoms with Gasteiger partial charge in [-0.05, 0) is 0 Å². The first kappa shape index (κ1) is 63.0. The average molecular weight is 948 g/mol. The van der Waals surface area contributed by atoms with E-state index in [-0.39, 0.29) is 331 Å². The van der Waals surface area contributed by atoms with Crippen LogP contribution in [0.15, 0.2) is 83.4 Å². The molecule has 0 saturated carbocycles. The van der Waals surface area contributed by atoms with E-state index in [4.69, 9.17) is 35.5 Å². The summed E-state index contributed by atoms with van der Waals surface area (Å²) in [6, 6.07) is 32.0. The molecular weight excluding hydrogens is 931 g/mol. The summed E-state index contributed by atoms with van der Waals surface area (Å²) in [4.78, 5) is 15.4. The van der Waals surface area contributed by atoms with Gasteiger partial charge < -0.3 is 36.4 Å². The van der Waals surface area contributed by atoms with E-state index in [0.29, 0.717) is 0 Å². The third-order valence-electron chi connectivity index (χ3n) is 5.67. The van der Waals surface area contributed by atoms with Crippen molar-refractivity contribution < 1.29 is 308 Å². The van der Waals surface area contributed by atoms with Crippen LogP contribution >= 0.6 is 70.6 Å². The Morgan fingerprint density at radius 3 is 1.21 bits per heavy atom. The van der Waals surface area contributed by atoms with Gasteiger partial charge in [0.15, 0.2) is 0 Å². The molecule has 3 aromatic carbocycles. The summed E-state index contributed by atoms with van der Waals surface area (Å²) in [5.74, 6) is 0. The van der Waals surface area contributed by atoms with Crippen LogP contribution in [0.25, 0.3) is 14.5 Å². The number of allylic oxidation sites excluding steroid dienone is 3. The van der Waals surface area contributed by atoms with Gasteiger partial charge in [-0.25, -0.2) is 59.7 Å². The normalized spacial score (nSPS) is 13.7. The minimum absolute atomic E-state index is 0. The third kappa shape index (κ3) is 19.2. The number of hydrogen-bond acceptors (Lipinski definition) is 9. The van der Waals surface area contributed by atoms with Gasteiger partial charge in [-0.1, -0.05) is 26.2 Å². The number of fused-ring (bicyclic) bond motifs is 3. The molecule has 0 aliphatic carbocycles. The number of thioether (sulfide) groups is 6. The van der Waals surface area contributed by atoms with Crippen molar-refractivity contribution in [3.05, 3.63) is 136 Å². The van der Waals surface area contributed by atoms with Gasteiger partial charge in [0.25, 0.3) is 17.1 Å². The van der Waals surface area contributed by atoms with Crippen LogP contribution in [-0.2, 0) is 5.41 Å². The summed E-state index contributed by atoms with van der Waals surface area (Å²) < 4.78 is 2.21. The number of nitriles is 3. The zero-order chi connectivity index (χ0) is 34.1. The molecule has 6 rings (SSSR count). The second-order valence-corrected chi connectivity index (χ2v) is 16.9. The fourth-order valence-electron chi connectivity index (χ4n) is 3.40. The number of benzene rings is 3. The van der Waals surface area contributed by atoms with Crippen molar-refractivity contribution in [2.24, 2.45) is 0 Å². The minimum atomic E-state index is 0. The van der Waals surface area contributed by atoms with Crippen LogP contribution in [0.1, 0.15) is 31.9 Å². The summed E-state index contributed by atoms with van der Waals surface area (Å²) in [6.45, 7) is 29.0. The molecule has 0 fully saturated rings. The van der Waals surface area contributed by atoms with E-state index in [2.05, 4.69) is 71.7 Å². The van der Waals surface area contributed by atoms with Crippen molar-refractivity contribution in [3.8, 4) is 18.2 Å². The summed E-state index contributed by atoms with van der Waals surface area (Å²) in [7, 11) is 0. The molecule has 0 radical (unpaired) electrons. The molecule has 0 unspecified atom stereocenters. The molecule has 3 aromatic rings. The Hall–Kier alpha value is 5.74. The maximum absolute atomic E-state index is 8.88. The molecule has 3 aliphatic rings. The molecule has 0 N–H and O–H groups in total. The molecule has 0 saturated heterocycles. The summed E-state index contributed by atoms with van der Waals surface area (Å²) in [6.07, 6.45) is 0. The maximum atomic E-state index is 8.88. The first-order chi connectivity index (χ1) is 22.5. The molecule has 6 nitrogen and oxygen atoms in total. The average Bonchev–Trinajstić information content (AvgIpc) is 3.79. The fraction of sp³-hybridized carbons (Fsp3) is 0.143. The Balaban J connectivity index is -0.000000674. The molecule has 0 spiro atoms. The van der Waals surface area contributed by atoms with E-state index >= 15 is 0 Å². The molecule has 228 valence electrons. The van der Waals surface area contributed by atoms with Gasteiger partial charge in [-0.2, -0.15) is 70.6 Å². The summed E-state index contributed by atoms with van der Waals surface area (Å²) >= 11 is 8.55. The van der Waals surface area contributed by atoms with Crippen LogP contribution in [0, 0.1) is 97.0 Å². The van der Waals surface area contributed by atoms with E-state index in [0.717, 1.165) is 53.2 Å². The van der Waals surface area contributed by atoms with Crippen LogP contribution in [-0.4, -0.2) is 0 Å². The Bertz CT molecular complexity index is 2070. The van der Waals surface area contributed by atoms with Crippen LogP contribution in [0.2, 0.25) is 0 Å². The zero-order valence-corrected chi connectivity index (χ0v) is 54.6. The topological polar surface area (TPSA) is 84.4 Å². The molecule has 0 bridgehead atoms. The maximum Gasteiger partial charge on any atom is 1.00 e. The second kappa shape index (κ2) is 32.4. The van der Waals surface area contributed by atoms with E-state index in [9.17, 15) is 0 Å². The summed E-state index contributed by atoms with van der Waals surface area (Å²) in [5.41, 5.74) is 2.60. The van der Waals surface area contributed by atoms with Crippen molar-refractivity contribution in [1.29, 1.82) is 15.8 Å². The third-order valence-corrected chi connectivity index (χ3v) is 13.0. The van der Waals surface area contributed by atoms with E-state index in [1.54, 1.807) is 12.1 Å². The number of aryl methyl sites for hydroxylation is 1. The Kier molecular flexibility index (Phi) is 38.5. The van der Waals surface area contributed by atoms with Crippen molar-refractivity contribution >= 4 is 70.6 Å². The molecule has 0 aromatic heterocycles. The number of rotatable bonds is 0. The monoisotopic (exact) mass is 946 g/mol. The van der Waals surface area contributed by atoms with Gasteiger partial charge in [-0.15, -0.1) is 6.92 Å². The van der Waals surface area contributed by atoms with Crippen molar-refractivity contribution in [2.75, 3.05) is 0 Å². The second-order valence-electron chi connectivity index (χ2n) is 9.96. The van der Waals surface area contributed by atoms with E-state index < -0.39 is 0 Å². The van der Waals surface area contributed by atoms with Crippen LogP contribution in [0.4, 0.5) is 0 Å². The van der Waals surface area contributed by atoms with Crippen molar-refractivity contribution in [3.63, 3.8) is 0 Å². The number of nitrogens with zero attached hydrogens (tertiary/aromatic N) is 6. The van der Waals surface area contributed by atoms with E-state index in [1.807, 2.05) is 37.3 Å². The zero-order valence-electron chi connectivity index (χ0n) is 30.9. The quantitative estimate of drug-likeness (QED) is 0.124. The van der Waals surface area contributed by atoms with Crippen molar-refractivity contribution in [1.82, 2.24) is 0 Å². The molecule has 18 heteroatoms. The first-order valence-corrected chi connectivity index (χ1v) is 17.9. The van der Waals surface area contributed by atoms with Gasteiger partial charge in [0.1, 0.15) is 0 Å². The first-order valence-electron chi connectivity index (χ1n) is 13.0. The Labute approximate surface area is 594 Å². The summed E-state index contributed by atoms with van der Waals surface area (Å²) in [5, 5.41) is 26.3. The van der Waals surface area contributed by atoms with Crippen LogP contribution in [0.5, 0.6) is 0 Å². The molecular formula is C35H16K6N6S6. The smallest absolute Gasteiger partial charge is 0.304 e. The molecule has 3 aliphatic heterocycles. The largest absolute Gasteiger partial charge is 1.00 e. The fourth-order valence-corrected chi connectivity index (χ4v) is 10.2. The predicted octanol–water partition coefficient (Wildman–Crippen LogP) is -7.08. The molecule has 0 amide bonds. The van der Waals surface area contributed by atoms with Gasteiger partial charge in [0.05, 0.1) is 37.9 Å². The predicted molar refractivity (Wildman–Crippen MR) is 189 cm³/mol. The van der Waals surface area contributed by atoms with E-state index in [1.165, 1.54) is 70.6 Å². The molecule has 53 heavy (non-hydrogen) atoms. The van der Waals surface area contributed by atoms with Gasteiger partial charge in [-0.3, -0.25) is 35.4 Å². The number of hydrogen-bond donors (Lipinski definition) is 0. The van der Waals surface area contributed by atoms with Crippen LogP contribution in [0.3, 0.4) is 0 Å².